The first-order valence-electron chi connectivity index (χ1n) is 7.34. The zero-order valence-electron chi connectivity index (χ0n) is 12.9. The summed E-state index contributed by atoms with van der Waals surface area (Å²) in [5.41, 5.74) is 3.49. The van der Waals surface area contributed by atoms with Gasteiger partial charge in [-0.05, 0) is 48.7 Å². The van der Waals surface area contributed by atoms with Crippen LogP contribution in [0.15, 0.2) is 24.3 Å². The second-order valence-electron chi connectivity index (χ2n) is 5.42. The van der Waals surface area contributed by atoms with Gasteiger partial charge in [-0.15, -0.1) is 0 Å². The van der Waals surface area contributed by atoms with Gasteiger partial charge in [0.2, 0.25) is 0 Å². The zero-order valence-corrected chi connectivity index (χ0v) is 12.9. The van der Waals surface area contributed by atoms with Crippen LogP contribution in [-0.2, 0) is 6.54 Å². The lowest BCUT2D eigenvalue weighted by atomic mass is 10.0. The fraction of sp³-hybridized carbons (Fsp3) is 0.471. The number of hydrogen-bond acceptors (Lipinski definition) is 3. The average molecular weight is 272 g/mol. The summed E-state index contributed by atoms with van der Waals surface area (Å²) in [7, 11) is 1.70. The SMILES string of the molecule is CCCNCc1cc(C(C)C)nc2ccc(OC)cc12. The van der Waals surface area contributed by atoms with Gasteiger partial charge in [-0.3, -0.25) is 4.98 Å². The first-order valence-corrected chi connectivity index (χ1v) is 7.34. The van der Waals surface area contributed by atoms with Gasteiger partial charge < -0.3 is 10.1 Å². The Balaban J connectivity index is 2.47. The predicted octanol–water partition coefficient (Wildman–Crippen LogP) is 3.87. The monoisotopic (exact) mass is 272 g/mol. The van der Waals surface area contributed by atoms with Crippen molar-refractivity contribution >= 4 is 10.9 Å². The van der Waals surface area contributed by atoms with Crippen LogP contribution in [-0.4, -0.2) is 18.6 Å². The molecule has 1 N–H and O–H groups in total. The van der Waals surface area contributed by atoms with Crippen LogP contribution in [0.3, 0.4) is 0 Å². The third-order valence-corrected chi connectivity index (χ3v) is 3.46. The Kier molecular flexibility index (Phi) is 4.96. The van der Waals surface area contributed by atoms with Gasteiger partial charge >= 0.3 is 0 Å². The number of nitrogens with zero attached hydrogens (tertiary/aromatic N) is 1. The summed E-state index contributed by atoms with van der Waals surface area (Å²) in [6.07, 6.45) is 1.14. The van der Waals surface area contributed by atoms with Gasteiger partial charge in [-0.1, -0.05) is 20.8 Å². The van der Waals surface area contributed by atoms with Crippen LogP contribution in [0.25, 0.3) is 10.9 Å². The molecular formula is C17H24N2O. The molecule has 2 aromatic rings. The molecule has 0 aliphatic heterocycles. The number of pyridine rings is 1. The molecule has 3 nitrogen and oxygen atoms in total. The number of ether oxygens (including phenoxy) is 1. The number of fused-ring (bicyclic) bond motifs is 1. The molecule has 1 aromatic carbocycles. The van der Waals surface area contributed by atoms with Gasteiger partial charge in [0, 0.05) is 17.6 Å². The van der Waals surface area contributed by atoms with Crippen LogP contribution >= 0.6 is 0 Å². The van der Waals surface area contributed by atoms with E-state index in [2.05, 4.69) is 38.2 Å². The predicted molar refractivity (Wildman–Crippen MR) is 84.4 cm³/mol. The van der Waals surface area contributed by atoms with Crippen LogP contribution in [0, 0.1) is 0 Å². The van der Waals surface area contributed by atoms with Crippen molar-refractivity contribution in [1.82, 2.24) is 10.3 Å². The molecule has 0 amide bonds. The van der Waals surface area contributed by atoms with Crippen LogP contribution in [0.1, 0.15) is 44.4 Å². The second kappa shape index (κ2) is 6.71. The van der Waals surface area contributed by atoms with Crippen LogP contribution in [0.4, 0.5) is 0 Å². The number of benzene rings is 1. The maximum atomic E-state index is 5.33. The van der Waals surface area contributed by atoms with Gasteiger partial charge in [0.05, 0.1) is 12.6 Å². The average Bonchev–Trinajstić information content (AvgIpc) is 2.46. The van der Waals surface area contributed by atoms with Gasteiger partial charge in [0.25, 0.3) is 0 Å². The molecule has 1 aromatic heterocycles. The van der Waals surface area contributed by atoms with Crippen molar-refractivity contribution in [3.8, 4) is 5.75 Å². The third-order valence-electron chi connectivity index (χ3n) is 3.46. The fourth-order valence-electron chi connectivity index (χ4n) is 2.27. The van der Waals surface area contributed by atoms with Gasteiger partial charge in [-0.25, -0.2) is 0 Å². The number of aromatic nitrogens is 1. The zero-order chi connectivity index (χ0) is 14.5. The largest absolute Gasteiger partial charge is 0.497 e. The van der Waals surface area contributed by atoms with Gasteiger partial charge in [0.15, 0.2) is 0 Å². The molecule has 20 heavy (non-hydrogen) atoms. The van der Waals surface area contributed by atoms with E-state index in [1.807, 2.05) is 12.1 Å². The van der Waals surface area contributed by atoms with E-state index < -0.39 is 0 Å². The third kappa shape index (κ3) is 3.28. The Morgan fingerprint density at radius 1 is 1.25 bits per heavy atom. The summed E-state index contributed by atoms with van der Waals surface area (Å²) in [6, 6.07) is 8.32. The van der Waals surface area contributed by atoms with E-state index in [0.29, 0.717) is 5.92 Å². The van der Waals surface area contributed by atoms with Crippen molar-refractivity contribution in [1.29, 1.82) is 0 Å². The molecule has 108 valence electrons. The number of methoxy groups -OCH3 is 1. The minimum atomic E-state index is 0.437. The van der Waals surface area contributed by atoms with Crippen molar-refractivity contribution in [2.45, 2.75) is 39.7 Å². The highest BCUT2D eigenvalue weighted by molar-refractivity contribution is 5.84. The first-order chi connectivity index (χ1) is 9.65. The summed E-state index contributed by atoms with van der Waals surface area (Å²) in [4.78, 5) is 4.76. The first kappa shape index (κ1) is 14.8. The van der Waals surface area contributed by atoms with E-state index >= 15 is 0 Å². The Morgan fingerprint density at radius 2 is 2.05 bits per heavy atom. The minimum Gasteiger partial charge on any atom is -0.497 e. The minimum absolute atomic E-state index is 0.437. The lowest BCUT2D eigenvalue weighted by molar-refractivity contribution is 0.415. The number of hydrogen-bond donors (Lipinski definition) is 1. The van der Waals surface area contributed by atoms with E-state index in [0.717, 1.165) is 36.5 Å². The summed E-state index contributed by atoms with van der Waals surface area (Å²) < 4.78 is 5.33. The lowest BCUT2D eigenvalue weighted by Gasteiger charge is -2.13. The summed E-state index contributed by atoms with van der Waals surface area (Å²) in [5, 5.41) is 4.66. The molecule has 0 unspecified atom stereocenters. The molecule has 0 saturated heterocycles. The maximum absolute atomic E-state index is 5.33. The Morgan fingerprint density at radius 3 is 2.70 bits per heavy atom. The summed E-state index contributed by atoms with van der Waals surface area (Å²) >= 11 is 0. The molecule has 0 spiro atoms. The molecule has 0 saturated carbocycles. The normalized spacial score (nSPS) is 11.2. The molecule has 0 aliphatic rings. The second-order valence-corrected chi connectivity index (χ2v) is 5.42. The highest BCUT2D eigenvalue weighted by atomic mass is 16.5. The Labute approximate surface area is 121 Å². The molecule has 1 heterocycles. The Bertz CT molecular complexity index is 578. The fourth-order valence-corrected chi connectivity index (χ4v) is 2.27. The maximum Gasteiger partial charge on any atom is 0.119 e. The molecule has 0 aliphatic carbocycles. The van der Waals surface area contributed by atoms with E-state index in [1.165, 1.54) is 10.9 Å². The van der Waals surface area contributed by atoms with E-state index in [-0.39, 0.29) is 0 Å². The van der Waals surface area contributed by atoms with E-state index in [9.17, 15) is 0 Å². The quantitative estimate of drug-likeness (QED) is 0.811. The molecule has 0 radical (unpaired) electrons. The molecular weight excluding hydrogens is 248 g/mol. The van der Waals surface area contributed by atoms with Crippen molar-refractivity contribution in [3.05, 3.63) is 35.5 Å². The number of rotatable bonds is 6. The van der Waals surface area contributed by atoms with Gasteiger partial charge in [-0.2, -0.15) is 0 Å². The molecule has 3 heteroatoms. The van der Waals surface area contributed by atoms with Crippen molar-refractivity contribution in [2.24, 2.45) is 0 Å². The lowest BCUT2D eigenvalue weighted by Crippen LogP contribution is -2.14. The summed E-state index contributed by atoms with van der Waals surface area (Å²) in [6.45, 7) is 8.45. The number of nitrogens with one attached hydrogen (secondary N) is 1. The van der Waals surface area contributed by atoms with Gasteiger partial charge in [0.1, 0.15) is 5.75 Å². The van der Waals surface area contributed by atoms with Crippen LogP contribution in [0.2, 0.25) is 0 Å². The standard InChI is InChI=1S/C17H24N2O/c1-5-8-18-11-13-9-17(12(2)3)19-16-7-6-14(20-4)10-15(13)16/h6-7,9-10,12,18H,5,8,11H2,1-4H3. The van der Waals surface area contributed by atoms with E-state index in [1.54, 1.807) is 7.11 Å². The highest BCUT2D eigenvalue weighted by Gasteiger charge is 2.09. The van der Waals surface area contributed by atoms with Crippen LogP contribution < -0.4 is 10.1 Å². The van der Waals surface area contributed by atoms with Crippen molar-refractivity contribution < 1.29 is 4.74 Å². The molecule has 0 atom stereocenters. The molecule has 0 bridgehead atoms. The van der Waals surface area contributed by atoms with Crippen LogP contribution in [0.5, 0.6) is 5.75 Å². The molecule has 2 rings (SSSR count). The summed E-state index contributed by atoms with van der Waals surface area (Å²) in [5.74, 6) is 1.32. The van der Waals surface area contributed by atoms with Crippen molar-refractivity contribution in [2.75, 3.05) is 13.7 Å². The highest BCUT2D eigenvalue weighted by Crippen LogP contribution is 2.26. The molecule has 0 fully saturated rings. The van der Waals surface area contributed by atoms with E-state index in [4.69, 9.17) is 9.72 Å². The Hall–Kier alpha value is -1.61. The topological polar surface area (TPSA) is 34.2 Å². The smallest absolute Gasteiger partial charge is 0.119 e. The van der Waals surface area contributed by atoms with Crippen molar-refractivity contribution in [3.63, 3.8) is 0 Å².